The number of nitrogens with one attached hydrogen (secondary N) is 1. The van der Waals surface area contributed by atoms with Gasteiger partial charge >= 0.3 is 23.6 Å². The molecule has 0 unspecified atom stereocenters. The molecule has 0 saturated carbocycles. The lowest BCUT2D eigenvalue weighted by Crippen LogP contribution is -2.58. The van der Waals surface area contributed by atoms with Crippen LogP contribution in [-0.2, 0) is 14.2 Å². The zero-order valence-corrected chi connectivity index (χ0v) is 22.3. The van der Waals surface area contributed by atoms with Crippen LogP contribution in [0.15, 0.2) is 108 Å². The van der Waals surface area contributed by atoms with Crippen molar-refractivity contribution < 1.29 is 37.4 Å². The normalized spacial score (nSPS) is 20.6. The summed E-state index contributed by atoms with van der Waals surface area (Å²) in [6, 6.07) is 24.2. The average Bonchev–Trinajstić information content (AvgIpc) is 3.22. The van der Waals surface area contributed by atoms with Gasteiger partial charge in [0.1, 0.15) is 12.4 Å². The third-order valence-corrected chi connectivity index (χ3v) is 6.49. The quantitative estimate of drug-likeness (QED) is 0.294. The topological polar surface area (TPSA) is 152 Å². The number of nitrogens with zero attached hydrogens (tertiary/aromatic N) is 2. The van der Waals surface area contributed by atoms with Gasteiger partial charge in [-0.2, -0.15) is 13.8 Å². The minimum absolute atomic E-state index is 0.0530. The summed E-state index contributed by atoms with van der Waals surface area (Å²) < 4.78 is 48.3. The van der Waals surface area contributed by atoms with Crippen LogP contribution in [-0.4, -0.2) is 51.8 Å². The molecular formula is C30H24F2N4O7. The number of hydrogen-bond donors (Lipinski definition) is 2. The van der Waals surface area contributed by atoms with Gasteiger partial charge in [0.15, 0.2) is 5.72 Å². The van der Waals surface area contributed by atoms with E-state index in [4.69, 9.17) is 19.9 Å². The number of halogens is 2. The van der Waals surface area contributed by atoms with E-state index in [0.717, 1.165) is 12.3 Å². The molecule has 3 aromatic carbocycles. The maximum Gasteiger partial charge on any atom is 0.351 e. The fraction of sp³-hybridized carbons (Fsp3) is 0.167. The van der Waals surface area contributed by atoms with E-state index in [1.54, 1.807) is 42.5 Å². The van der Waals surface area contributed by atoms with Crippen LogP contribution in [0.3, 0.4) is 0 Å². The van der Waals surface area contributed by atoms with Crippen LogP contribution in [0.4, 0.5) is 14.6 Å². The molecular weight excluding hydrogens is 566 g/mol. The molecule has 1 aliphatic heterocycles. The lowest BCUT2D eigenvalue weighted by Gasteiger charge is -2.29. The summed E-state index contributed by atoms with van der Waals surface area (Å²) in [6.07, 6.45) is -4.02. The van der Waals surface area contributed by atoms with Crippen LogP contribution in [0.25, 0.3) is 0 Å². The van der Waals surface area contributed by atoms with Crippen molar-refractivity contribution >= 4 is 23.7 Å². The van der Waals surface area contributed by atoms with Crippen molar-refractivity contribution in [3.05, 3.63) is 130 Å². The maximum atomic E-state index is 16.0. The fourth-order valence-corrected chi connectivity index (χ4v) is 4.36. The summed E-state index contributed by atoms with van der Waals surface area (Å²) in [7, 11) is 0. The highest BCUT2D eigenvalue weighted by molar-refractivity contribution is 6.03. The maximum absolute atomic E-state index is 16.0. The molecule has 13 heteroatoms. The van der Waals surface area contributed by atoms with Crippen LogP contribution < -0.4 is 16.7 Å². The highest BCUT2D eigenvalue weighted by Gasteiger charge is 2.69. The van der Waals surface area contributed by atoms with Crippen molar-refractivity contribution in [1.82, 2.24) is 9.55 Å². The third-order valence-electron chi connectivity index (χ3n) is 6.49. The van der Waals surface area contributed by atoms with Crippen molar-refractivity contribution in [2.24, 2.45) is 5.73 Å². The summed E-state index contributed by atoms with van der Waals surface area (Å²) in [5, 5.41) is 2.41. The molecule has 4 aromatic rings. The SMILES string of the molecule is N[C@]1(COC(=O)c2ccccc2)O[C@@H](n2ccc(NC(=O)c3ccccc3)nc2=O)C(F)(F)[C@@H]1OC(=O)c1ccccc1. The van der Waals surface area contributed by atoms with Gasteiger partial charge in [0.25, 0.3) is 5.91 Å². The van der Waals surface area contributed by atoms with E-state index in [-0.39, 0.29) is 22.5 Å². The fourth-order valence-electron chi connectivity index (χ4n) is 4.36. The van der Waals surface area contributed by atoms with E-state index in [9.17, 15) is 19.2 Å². The summed E-state index contributed by atoms with van der Waals surface area (Å²) in [5.41, 5.74) is 2.73. The molecule has 220 valence electrons. The van der Waals surface area contributed by atoms with Crippen LogP contribution in [0.1, 0.15) is 37.3 Å². The van der Waals surface area contributed by atoms with Gasteiger partial charge in [0, 0.05) is 11.8 Å². The smallest absolute Gasteiger partial charge is 0.351 e. The summed E-state index contributed by atoms with van der Waals surface area (Å²) in [5.74, 6) is -6.96. The first-order valence-corrected chi connectivity index (χ1v) is 12.9. The zero-order chi connectivity index (χ0) is 30.6. The van der Waals surface area contributed by atoms with Gasteiger partial charge in [-0.15, -0.1) is 0 Å². The van der Waals surface area contributed by atoms with Gasteiger partial charge in [-0.1, -0.05) is 54.6 Å². The lowest BCUT2D eigenvalue weighted by atomic mass is 10.0. The Hall–Kier alpha value is -5.27. The number of nitrogens with two attached hydrogens (primary N) is 1. The number of rotatable bonds is 8. The van der Waals surface area contributed by atoms with Crippen molar-refractivity contribution in [3.8, 4) is 0 Å². The number of carbonyl (C=O) groups excluding carboxylic acids is 3. The molecule has 0 spiro atoms. The molecule has 5 rings (SSSR count). The molecule has 1 fully saturated rings. The number of hydrogen-bond acceptors (Lipinski definition) is 9. The molecule has 1 saturated heterocycles. The summed E-state index contributed by atoms with van der Waals surface area (Å²) in [4.78, 5) is 54.4. The molecule has 11 nitrogen and oxygen atoms in total. The summed E-state index contributed by atoms with van der Waals surface area (Å²) >= 11 is 0. The Morgan fingerprint density at radius 1 is 0.860 bits per heavy atom. The monoisotopic (exact) mass is 590 g/mol. The number of carbonyl (C=O) groups is 3. The molecule has 0 aliphatic carbocycles. The van der Waals surface area contributed by atoms with Crippen molar-refractivity contribution in [2.45, 2.75) is 24.0 Å². The molecule has 2 heterocycles. The van der Waals surface area contributed by atoms with Crippen molar-refractivity contribution in [3.63, 3.8) is 0 Å². The molecule has 1 aromatic heterocycles. The number of aromatic nitrogens is 2. The highest BCUT2D eigenvalue weighted by Crippen LogP contribution is 2.47. The summed E-state index contributed by atoms with van der Waals surface area (Å²) in [6.45, 7) is -0.965. The van der Waals surface area contributed by atoms with Gasteiger partial charge in [0.05, 0.1) is 11.1 Å². The predicted octanol–water partition coefficient (Wildman–Crippen LogP) is 3.40. The van der Waals surface area contributed by atoms with Crippen LogP contribution in [0, 0.1) is 0 Å². The molecule has 3 atom stereocenters. The van der Waals surface area contributed by atoms with Crippen molar-refractivity contribution in [2.75, 3.05) is 11.9 Å². The standard InChI is InChI=1S/C30H24F2N4O7/c31-30(32)26(42-25(39)21-14-8-3-9-15-21)29(33,18-41-24(38)20-12-6-2-7-13-20)43-27(30)36-17-16-22(35-28(36)40)34-23(37)19-10-4-1-5-11-19/h1-17,26-27H,18,33H2,(H,34,35,37,40)/t26-,27-,29-/m1/s1. The molecule has 1 amide bonds. The zero-order valence-electron chi connectivity index (χ0n) is 22.3. The molecule has 43 heavy (non-hydrogen) atoms. The Balaban J connectivity index is 1.43. The number of amides is 1. The minimum atomic E-state index is -4.13. The second-order valence-corrected chi connectivity index (χ2v) is 9.52. The number of benzene rings is 3. The minimum Gasteiger partial charge on any atom is -0.457 e. The van der Waals surface area contributed by atoms with E-state index in [2.05, 4.69) is 10.3 Å². The predicted molar refractivity (Wildman–Crippen MR) is 147 cm³/mol. The van der Waals surface area contributed by atoms with Crippen LogP contribution in [0.5, 0.6) is 0 Å². The Kier molecular flexibility index (Phi) is 8.10. The van der Waals surface area contributed by atoms with Gasteiger partial charge in [0.2, 0.25) is 12.3 Å². The number of anilines is 1. The molecule has 1 aliphatic rings. The Morgan fingerprint density at radius 2 is 1.40 bits per heavy atom. The highest BCUT2D eigenvalue weighted by atomic mass is 19.3. The van der Waals surface area contributed by atoms with Gasteiger partial charge in [-0.25, -0.2) is 14.4 Å². The van der Waals surface area contributed by atoms with Gasteiger partial charge < -0.3 is 19.5 Å². The Labute approximate surface area is 242 Å². The van der Waals surface area contributed by atoms with E-state index >= 15 is 8.78 Å². The van der Waals surface area contributed by atoms with Gasteiger partial charge in [-0.05, 0) is 42.5 Å². The molecule has 0 bridgehead atoms. The number of esters is 2. The third kappa shape index (κ3) is 6.17. The largest absolute Gasteiger partial charge is 0.457 e. The second kappa shape index (κ2) is 11.9. The second-order valence-electron chi connectivity index (χ2n) is 9.52. The van der Waals surface area contributed by atoms with E-state index in [1.165, 1.54) is 48.5 Å². The number of alkyl halides is 2. The first-order valence-electron chi connectivity index (χ1n) is 12.9. The van der Waals surface area contributed by atoms with Gasteiger partial charge in [-0.3, -0.25) is 15.1 Å². The molecule has 3 N–H and O–H groups in total. The number of ether oxygens (including phenoxy) is 3. The van der Waals surface area contributed by atoms with E-state index in [1.807, 2.05) is 0 Å². The molecule has 0 radical (unpaired) electrons. The Bertz CT molecular complexity index is 1690. The van der Waals surface area contributed by atoms with Crippen molar-refractivity contribution in [1.29, 1.82) is 0 Å². The first-order chi connectivity index (χ1) is 20.6. The van der Waals surface area contributed by atoms with Crippen LogP contribution in [0.2, 0.25) is 0 Å². The lowest BCUT2D eigenvalue weighted by molar-refractivity contribution is -0.145. The first kappa shape index (κ1) is 29.2. The van der Waals surface area contributed by atoms with E-state index < -0.39 is 54.1 Å². The Morgan fingerprint density at radius 3 is 1.95 bits per heavy atom. The van der Waals surface area contributed by atoms with Crippen LogP contribution >= 0.6 is 0 Å². The van der Waals surface area contributed by atoms with E-state index in [0.29, 0.717) is 4.57 Å². The average molecular weight is 591 g/mol.